The minimum atomic E-state index is -3.77. The SMILES string of the molecule is Cc1nn(C)c(Cl)c1S(=O)(=O)N[C@H]1CCCn2ncnc21. The van der Waals surface area contributed by atoms with Crippen LogP contribution in [0.4, 0.5) is 0 Å². The zero-order valence-electron chi connectivity index (χ0n) is 11.6. The second kappa shape index (κ2) is 5.08. The predicted octanol–water partition coefficient (Wildman–Crippen LogP) is 0.787. The zero-order chi connectivity index (χ0) is 15.2. The molecule has 0 aromatic carbocycles. The predicted molar refractivity (Wildman–Crippen MR) is 75.3 cm³/mol. The van der Waals surface area contributed by atoms with Gasteiger partial charge in [-0.2, -0.15) is 10.2 Å². The van der Waals surface area contributed by atoms with Crippen LogP contribution in [0.25, 0.3) is 0 Å². The highest BCUT2D eigenvalue weighted by molar-refractivity contribution is 7.89. The quantitative estimate of drug-likeness (QED) is 0.897. The topological polar surface area (TPSA) is 94.7 Å². The minimum Gasteiger partial charge on any atom is -0.255 e. The number of fused-ring (bicyclic) bond motifs is 1. The van der Waals surface area contributed by atoms with E-state index in [2.05, 4.69) is 19.9 Å². The van der Waals surface area contributed by atoms with Gasteiger partial charge in [-0.15, -0.1) is 0 Å². The molecular formula is C11H15ClN6O2S. The molecule has 114 valence electrons. The number of hydrogen-bond acceptors (Lipinski definition) is 5. The molecule has 0 saturated heterocycles. The molecule has 1 aliphatic heterocycles. The molecular weight excluding hydrogens is 316 g/mol. The minimum absolute atomic E-state index is 0.0169. The van der Waals surface area contributed by atoms with E-state index in [1.54, 1.807) is 18.7 Å². The molecule has 0 bridgehead atoms. The highest BCUT2D eigenvalue weighted by atomic mass is 35.5. The first kappa shape index (κ1) is 14.5. The summed E-state index contributed by atoms with van der Waals surface area (Å²) in [6.45, 7) is 2.37. The van der Waals surface area contributed by atoms with Crippen LogP contribution in [0.2, 0.25) is 5.15 Å². The van der Waals surface area contributed by atoms with E-state index in [1.165, 1.54) is 11.0 Å². The summed E-state index contributed by atoms with van der Waals surface area (Å²) in [5, 5.41) is 8.21. The van der Waals surface area contributed by atoms with Gasteiger partial charge in [-0.1, -0.05) is 11.6 Å². The van der Waals surface area contributed by atoms with Crippen molar-refractivity contribution in [3.8, 4) is 0 Å². The first-order valence-electron chi connectivity index (χ1n) is 6.49. The Hall–Kier alpha value is -1.45. The molecule has 8 nitrogen and oxygen atoms in total. The van der Waals surface area contributed by atoms with Gasteiger partial charge in [0.2, 0.25) is 10.0 Å². The molecule has 2 aromatic heterocycles. The number of halogens is 1. The molecule has 0 fully saturated rings. The number of nitrogens with zero attached hydrogens (tertiary/aromatic N) is 5. The normalized spacial score (nSPS) is 18.7. The van der Waals surface area contributed by atoms with Gasteiger partial charge < -0.3 is 0 Å². The Kier molecular flexibility index (Phi) is 3.50. The molecule has 1 aliphatic rings. The van der Waals surface area contributed by atoms with Gasteiger partial charge in [0.1, 0.15) is 22.2 Å². The van der Waals surface area contributed by atoms with Crippen LogP contribution in [0.5, 0.6) is 0 Å². The van der Waals surface area contributed by atoms with E-state index >= 15 is 0 Å². The van der Waals surface area contributed by atoms with E-state index in [-0.39, 0.29) is 10.0 Å². The Morgan fingerprint density at radius 1 is 1.48 bits per heavy atom. The molecule has 1 N–H and O–H groups in total. The van der Waals surface area contributed by atoms with Gasteiger partial charge in [0, 0.05) is 13.6 Å². The van der Waals surface area contributed by atoms with Crippen LogP contribution in [0.1, 0.15) is 30.4 Å². The summed E-state index contributed by atoms with van der Waals surface area (Å²) in [5.74, 6) is 0.627. The summed E-state index contributed by atoms with van der Waals surface area (Å²) < 4.78 is 30.9. The van der Waals surface area contributed by atoms with E-state index < -0.39 is 16.1 Å². The average Bonchev–Trinajstić information content (AvgIpc) is 2.95. The molecule has 0 aliphatic carbocycles. The largest absolute Gasteiger partial charge is 0.255 e. The highest BCUT2D eigenvalue weighted by Gasteiger charge is 2.31. The molecule has 0 spiro atoms. The molecule has 3 rings (SSSR count). The van der Waals surface area contributed by atoms with Gasteiger partial charge >= 0.3 is 0 Å². The van der Waals surface area contributed by atoms with E-state index in [1.807, 2.05) is 0 Å². The van der Waals surface area contributed by atoms with Crippen LogP contribution < -0.4 is 4.72 Å². The zero-order valence-corrected chi connectivity index (χ0v) is 13.2. The van der Waals surface area contributed by atoms with Crippen molar-refractivity contribution in [3.05, 3.63) is 23.0 Å². The summed E-state index contributed by atoms with van der Waals surface area (Å²) in [6, 6.07) is -0.401. The van der Waals surface area contributed by atoms with Crippen molar-refractivity contribution in [2.75, 3.05) is 0 Å². The monoisotopic (exact) mass is 330 g/mol. The highest BCUT2D eigenvalue weighted by Crippen LogP contribution is 2.28. The second-order valence-corrected chi connectivity index (χ2v) is 7.00. The Labute approximate surface area is 127 Å². The third-order valence-electron chi connectivity index (χ3n) is 3.49. The fourth-order valence-corrected chi connectivity index (χ4v) is 4.54. The Bertz CT molecular complexity index is 781. The fourth-order valence-electron chi connectivity index (χ4n) is 2.56. The first-order chi connectivity index (χ1) is 9.90. The smallest absolute Gasteiger partial charge is 0.246 e. The van der Waals surface area contributed by atoms with Crippen LogP contribution in [0.3, 0.4) is 0 Å². The Morgan fingerprint density at radius 3 is 2.90 bits per heavy atom. The summed E-state index contributed by atoms with van der Waals surface area (Å²) in [4.78, 5) is 4.15. The van der Waals surface area contributed by atoms with E-state index in [0.717, 1.165) is 13.0 Å². The van der Waals surface area contributed by atoms with Gasteiger partial charge in [0.05, 0.1) is 11.7 Å². The van der Waals surface area contributed by atoms with Crippen molar-refractivity contribution in [2.45, 2.75) is 37.2 Å². The van der Waals surface area contributed by atoms with Gasteiger partial charge in [-0.25, -0.2) is 22.8 Å². The van der Waals surface area contributed by atoms with Crippen molar-refractivity contribution in [1.82, 2.24) is 29.3 Å². The van der Waals surface area contributed by atoms with Gasteiger partial charge in [0.15, 0.2) is 0 Å². The molecule has 0 amide bonds. The lowest BCUT2D eigenvalue weighted by molar-refractivity contribution is 0.400. The van der Waals surface area contributed by atoms with Crippen LogP contribution in [0, 0.1) is 6.92 Å². The summed E-state index contributed by atoms with van der Waals surface area (Å²) in [5.41, 5.74) is 0.368. The van der Waals surface area contributed by atoms with E-state index in [4.69, 9.17) is 11.6 Å². The van der Waals surface area contributed by atoms with Crippen molar-refractivity contribution >= 4 is 21.6 Å². The number of hydrogen-bond donors (Lipinski definition) is 1. The number of nitrogens with one attached hydrogen (secondary N) is 1. The van der Waals surface area contributed by atoms with Crippen molar-refractivity contribution in [1.29, 1.82) is 0 Å². The number of sulfonamides is 1. The average molecular weight is 331 g/mol. The number of aromatic nitrogens is 5. The van der Waals surface area contributed by atoms with Crippen LogP contribution in [-0.4, -0.2) is 33.0 Å². The van der Waals surface area contributed by atoms with E-state index in [0.29, 0.717) is 17.9 Å². The maximum atomic E-state index is 12.6. The lowest BCUT2D eigenvalue weighted by atomic mass is 10.1. The fraction of sp³-hybridized carbons (Fsp3) is 0.545. The maximum Gasteiger partial charge on any atom is 0.246 e. The van der Waals surface area contributed by atoms with Crippen LogP contribution in [0.15, 0.2) is 11.2 Å². The lowest BCUT2D eigenvalue weighted by Gasteiger charge is -2.22. The molecule has 2 aromatic rings. The van der Waals surface area contributed by atoms with Gasteiger partial charge in [-0.05, 0) is 19.8 Å². The summed E-state index contributed by atoms with van der Waals surface area (Å²) in [7, 11) is -2.16. The third-order valence-corrected chi connectivity index (χ3v) is 5.65. The van der Waals surface area contributed by atoms with Crippen molar-refractivity contribution in [2.24, 2.45) is 7.05 Å². The van der Waals surface area contributed by atoms with Crippen LogP contribution >= 0.6 is 11.6 Å². The summed E-state index contributed by atoms with van der Waals surface area (Å²) in [6.07, 6.45) is 2.95. The number of rotatable bonds is 3. The maximum absolute atomic E-state index is 12.6. The second-order valence-electron chi connectivity index (χ2n) is 4.99. The molecule has 0 unspecified atom stereocenters. The third kappa shape index (κ3) is 2.45. The Balaban J connectivity index is 1.95. The lowest BCUT2D eigenvalue weighted by Crippen LogP contribution is -2.33. The Morgan fingerprint density at radius 2 is 2.24 bits per heavy atom. The van der Waals surface area contributed by atoms with Crippen molar-refractivity contribution in [3.63, 3.8) is 0 Å². The molecule has 3 heterocycles. The standard InChI is InChI=1S/C11H15ClN6O2S/c1-7-9(10(12)17(2)15-7)21(19,20)16-8-4-3-5-18-11(8)13-6-14-18/h6,8,16H,3-5H2,1-2H3/t8-/m0/s1. The molecule has 0 saturated carbocycles. The number of aryl methyl sites for hydroxylation is 3. The molecule has 10 heteroatoms. The van der Waals surface area contributed by atoms with Gasteiger partial charge in [0.25, 0.3) is 0 Å². The molecule has 0 radical (unpaired) electrons. The molecule has 21 heavy (non-hydrogen) atoms. The summed E-state index contributed by atoms with van der Waals surface area (Å²) >= 11 is 6.04. The van der Waals surface area contributed by atoms with E-state index in [9.17, 15) is 8.42 Å². The van der Waals surface area contributed by atoms with Crippen molar-refractivity contribution < 1.29 is 8.42 Å². The van der Waals surface area contributed by atoms with Gasteiger partial charge in [-0.3, -0.25) is 4.68 Å². The molecule has 1 atom stereocenters. The van der Waals surface area contributed by atoms with Crippen LogP contribution in [-0.2, 0) is 23.6 Å². The first-order valence-corrected chi connectivity index (χ1v) is 8.35.